The minimum Gasteiger partial charge on any atom is -0.379 e. The van der Waals surface area contributed by atoms with Gasteiger partial charge in [-0.3, -0.25) is 0 Å². The average molecular weight is 280 g/mol. The zero-order chi connectivity index (χ0) is 13.7. The van der Waals surface area contributed by atoms with Crippen LogP contribution in [-0.2, 0) is 11.2 Å². The molecule has 1 N–H and O–H groups in total. The molecule has 19 heavy (non-hydrogen) atoms. The summed E-state index contributed by atoms with van der Waals surface area (Å²) in [7, 11) is 0. The molecule has 0 atom stereocenters. The van der Waals surface area contributed by atoms with Crippen LogP contribution >= 0.6 is 11.8 Å². The SMILES string of the molecule is CSc1ccc(CC(C)(C)NN2CCOCC2)cc1. The van der Waals surface area contributed by atoms with E-state index in [-0.39, 0.29) is 5.54 Å². The smallest absolute Gasteiger partial charge is 0.0608 e. The molecule has 3 nitrogen and oxygen atoms in total. The van der Waals surface area contributed by atoms with Crippen LogP contribution in [0, 0.1) is 0 Å². The van der Waals surface area contributed by atoms with Gasteiger partial charge < -0.3 is 4.74 Å². The van der Waals surface area contributed by atoms with Gasteiger partial charge in [-0.2, -0.15) is 0 Å². The van der Waals surface area contributed by atoms with E-state index in [1.807, 2.05) is 0 Å². The van der Waals surface area contributed by atoms with E-state index in [1.165, 1.54) is 10.5 Å². The predicted molar refractivity (Wildman–Crippen MR) is 81.5 cm³/mol. The molecule has 1 fully saturated rings. The lowest BCUT2D eigenvalue weighted by molar-refractivity contribution is -0.00735. The molecule has 106 valence electrons. The standard InChI is InChI=1S/C15H24N2OS/c1-15(2,16-17-8-10-18-11-9-17)12-13-4-6-14(19-3)7-5-13/h4-7,16H,8-12H2,1-3H3. The van der Waals surface area contributed by atoms with Crippen molar-refractivity contribution < 1.29 is 4.74 Å². The van der Waals surface area contributed by atoms with Gasteiger partial charge in [0.15, 0.2) is 0 Å². The maximum Gasteiger partial charge on any atom is 0.0608 e. The zero-order valence-corrected chi connectivity index (χ0v) is 12.9. The van der Waals surface area contributed by atoms with Crippen LogP contribution in [0.4, 0.5) is 0 Å². The Morgan fingerprint density at radius 2 is 1.84 bits per heavy atom. The van der Waals surface area contributed by atoms with E-state index in [9.17, 15) is 0 Å². The van der Waals surface area contributed by atoms with Crippen LogP contribution in [0.3, 0.4) is 0 Å². The molecular formula is C15H24N2OS. The Labute approximate surface area is 120 Å². The number of thioether (sulfide) groups is 1. The second kappa shape index (κ2) is 6.75. The third kappa shape index (κ3) is 4.80. The van der Waals surface area contributed by atoms with E-state index < -0.39 is 0 Å². The van der Waals surface area contributed by atoms with Crippen molar-refractivity contribution in [3.8, 4) is 0 Å². The number of ether oxygens (including phenoxy) is 1. The molecular weight excluding hydrogens is 256 g/mol. The first-order valence-corrected chi connectivity index (χ1v) is 8.05. The highest BCUT2D eigenvalue weighted by Crippen LogP contribution is 2.18. The molecule has 1 aliphatic rings. The Bertz CT molecular complexity index is 386. The lowest BCUT2D eigenvalue weighted by atomic mass is 9.96. The van der Waals surface area contributed by atoms with Crippen molar-refractivity contribution in [2.45, 2.75) is 30.7 Å². The summed E-state index contributed by atoms with van der Waals surface area (Å²) in [6, 6.07) is 8.86. The maximum atomic E-state index is 5.37. The van der Waals surface area contributed by atoms with Crippen molar-refractivity contribution in [2.24, 2.45) is 0 Å². The minimum atomic E-state index is 0.0677. The molecule has 1 aromatic carbocycles. The van der Waals surface area contributed by atoms with Gasteiger partial charge in [0.25, 0.3) is 0 Å². The van der Waals surface area contributed by atoms with Gasteiger partial charge in [0.2, 0.25) is 0 Å². The second-order valence-electron chi connectivity index (χ2n) is 5.62. The number of hydrazine groups is 1. The first-order chi connectivity index (χ1) is 9.09. The summed E-state index contributed by atoms with van der Waals surface area (Å²) < 4.78 is 5.37. The van der Waals surface area contributed by atoms with E-state index in [1.54, 1.807) is 11.8 Å². The molecule has 1 aromatic rings. The van der Waals surface area contributed by atoms with Crippen LogP contribution in [0.15, 0.2) is 29.2 Å². The predicted octanol–water partition coefficient (Wildman–Crippen LogP) is 2.57. The third-order valence-electron chi connectivity index (χ3n) is 3.28. The van der Waals surface area contributed by atoms with Crippen LogP contribution in [-0.4, -0.2) is 43.1 Å². The van der Waals surface area contributed by atoms with Crippen LogP contribution in [0.1, 0.15) is 19.4 Å². The number of nitrogens with zero attached hydrogens (tertiary/aromatic N) is 1. The van der Waals surface area contributed by atoms with Gasteiger partial charge in [0, 0.05) is 23.5 Å². The van der Waals surface area contributed by atoms with Gasteiger partial charge in [-0.05, 0) is 44.2 Å². The van der Waals surface area contributed by atoms with Crippen molar-refractivity contribution in [1.82, 2.24) is 10.4 Å². The fourth-order valence-corrected chi connectivity index (χ4v) is 2.80. The maximum absolute atomic E-state index is 5.37. The van der Waals surface area contributed by atoms with E-state index in [4.69, 9.17) is 4.74 Å². The second-order valence-corrected chi connectivity index (χ2v) is 6.50. The Morgan fingerprint density at radius 3 is 2.42 bits per heavy atom. The summed E-state index contributed by atoms with van der Waals surface area (Å²) in [6.45, 7) is 8.09. The molecule has 0 bridgehead atoms. The molecule has 1 saturated heterocycles. The molecule has 1 heterocycles. The van der Waals surface area contributed by atoms with Crippen molar-refractivity contribution in [3.05, 3.63) is 29.8 Å². The summed E-state index contributed by atoms with van der Waals surface area (Å²) in [4.78, 5) is 1.32. The topological polar surface area (TPSA) is 24.5 Å². The molecule has 0 aliphatic carbocycles. The monoisotopic (exact) mass is 280 g/mol. The lowest BCUT2D eigenvalue weighted by Gasteiger charge is -2.36. The van der Waals surface area contributed by atoms with Crippen LogP contribution < -0.4 is 5.43 Å². The first-order valence-electron chi connectivity index (χ1n) is 6.82. The van der Waals surface area contributed by atoms with E-state index >= 15 is 0 Å². The van der Waals surface area contributed by atoms with Crippen molar-refractivity contribution in [2.75, 3.05) is 32.6 Å². The third-order valence-corrected chi connectivity index (χ3v) is 4.02. The largest absolute Gasteiger partial charge is 0.379 e. The average Bonchev–Trinajstić information content (AvgIpc) is 2.39. The molecule has 0 unspecified atom stereocenters. The number of hydrogen-bond acceptors (Lipinski definition) is 4. The molecule has 0 aromatic heterocycles. The first kappa shape index (κ1) is 14.9. The molecule has 1 aliphatic heterocycles. The van der Waals surface area contributed by atoms with Crippen molar-refractivity contribution >= 4 is 11.8 Å². The Kier molecular flexibility index (Phi) is 5.28. The van der Waals surface area contributed by atoms with Gasteiger partial charge in [-0.1, -0.05) is 12.1 Å². The van der Waals surface area contributed by atoms with Crippen molar-refractivity contribution in [1.29, 1.82) is 0 Å². The fraction of sp³-hybridized carbons (Fsp3) is 0.600. The molecule has 2 rings (SSSR count). The van der Waals surface area contributed by atoms with E-state index in [0.717, 1.165) is 32.7 Å². The molecule has 0 amide bonds. The van der Waals surface area contributed by atoms with Gasteiger partial charge in [0.1, 0.15) is 0 Å². The summed E-state index contributed by atoms with van der Waals surface area (Å²) in [5.74, 6) is 0. The van der Waals surface area contributed by atoms with E-state index in [0.29, 0.717) is 0 Å². The highest BCUT2D eigenvalue weighted by Gasteiger charge is 2.22. The fourth-order valence-electron chi connectivity index (χ4n) is 2.40. The van der Waals surface area contributed by atoms with Gasteiger partial charge in [-0.25, -0.2) is 10.4 Å². The van der Waals surface area contributed by atoms with E-state index in [2.05, 4.69) is 54.8 Å². The molecule has 0 saturated carbocycles. The molecule has 0 spiro atoms. The van der Waals surface area contributed by atoms with Crippen molar-refractivity contribution in [3.63, 3.8) is 0 Å². The quantitative estimate of drug-likeness (QED) is 0.838. The molecule has 0 radical (unpaired) electrons. The summed E-state index contributed by atoms with van der Waals surface area (Å²) in [5.41, 5.74) is 5.07. The molecule has 4 heteroatoms. The number of hydrogen-bond donors (Lipinski definition) is 1. The van der Waals surface area contributed by atoms with Gasteiger partial charge in [-0.15, -0.1) is 11.8 Å². The van der Waals surface area contributed by atoms with Gasteiger partial charge in [0.05, 0.1) is 13.2 Å². The summed E-state index contributed by atoms with van der Waals surface area (Å²) >= 11 is 1.79. The normalized spacial score (nSPS) is 17.6. The van der Waals surface area contributed by atoms with Gasteiger partial charge >= 0.3 is 0 Å². The highest BCUT2D eigenvalue weighted by molar-refractivity contribution is 7.98. The minimum absolute atomic E-state index is 0.0677. The Balaban J connectivity index is 1.91. The zero-order valence-electron chi connectivity index (χ0n) is 12.1. The Morgan fingerprint density at radius 1 is 1.21 bits per heavy atom. The number of rotatable bonds is 5. The number of morpholine rings is 1. The highest BCUT2D eigenvalue weighted by atomic mass is 32.2. The number of nitrogens with one attached hydrogen (secondary N) is 1. The summed E-state index contributed by atoms with van der Waals surface area (Å²) in [6.07, 6.45) is 3.14. The Hall–Kier alpha value is -0.550. The van der Waals surface area contributed by atoms with Crippen LogP contribution in [0.2, 0.25) is 0 Å². The lowest BCUT2D eigenvalue weighted by Crippen LogP contribution is -2.55. The van der Waals surface area contributed by atoms with Crippen LogP contribution in [0.5, 0.6) is 0 Å². The summed E-state index contributed by atoms with van der Waals surface area (Å²) in [5, 5.41) is 2.28. The number of benzene rings is 1. The van der Waals surface area contributed by atoms with Crippen LogP contribution in [0.25, 0.3) is 0 Å².